The minimum atomic E-state index is -5.84. The smallest absolute Gasteiger partial charge is 0.390 e. The molecule has 13 heteroatoms. The first-order valence-corrected chi connectivity index (χ1v) is 14.3. The predicted octanol–water partition coefficient (Wildman–Crippen LogP) is 1.32. The number of hydrogen-bond acceptors (Lipinski definition) is 6. The predicted molar refractivity (Wildman–Crippen MR) is 119 cm³/mol. The van der Waals surface area contributed by atoms with E-state index in [2.05, 4.69) is 12.1 Å². The fraction of sp³-hybridized carbons (Fsp3) is 0.684. The SMILES string of the molecule is CC1C(O)C(O)C(C)P1c1ccccc1P1C(C)C(O)C(O)C1C.O=S(=O)(O)C(F)(F)F. The molecule has 7 nitrogen and oxygen atoms in total. The Kier molecular flexibility index (Phi) is 8.78. The Morgan fingerprint density at radius 2 is 0.938 bits per heavy atom. The average Bonchev–Trinajstić information content (AvgIpc) is 3.00. The number of halogens is 3. The van der Waals surface area contributed by atoms with Crippen LogP contribution in [0.2, 0.25) is 0 Å². The van der Waals surface area contributed by atoms with Crippen molar-refractivity contribution in [3.8, 4) is 0 Å². The van der Waals surface area contributed by atoms with E-state index in [9.17, 15) is 33.6 Å². The second-order valence-electron chi connectivity index (χ2n) is 8.15. The zero-order chi connectivity index (χ0) is 24.8. The number of hydrogen-bond donors (Lipinski definition) is 5. The first-order valence-electron chi connectivity index (χ1n) is 9.94. The Morgan fingerprint density at radius 3 is 1.12 bits per heavy atom. The lowest BCUT2D eigenvalue weighted by Gasteiger charge is -2.30. The molecule has 0 bridgehead atoms. The number of alkyl halides is 3. The zero-order valence-electron chi connectivity index (χ0n) is 17.9. The lowest BCUT2D eigenvalue weighted by molar-refractivity contribution is -0.0510. The maximum atomic E-state index is 10.7. The lowest BCUT2D eigenvalue weighted by Crippen LogP contribution is -2.30. The quantitative estimate of drug-likeness (QED) is 0.226. The molecule has 2 aliphatic heterocycles. The molecule has 2 fully saturated rings. The summed E-state index contributed by atoms with van der Waals surface area (Å²) >= 11 is 0. The molecule has 0 aromatic heterocycles. The standard InChI is InChI=1S/C18H28O4P2.CHF3O3S/c1-9-15(19)16(20)10(2)23(9)13-7-5-6-8-14(13)24-11(3)17(21)18(22)12(24)4;2-1(3,4)8(5,6)7/h5-12,15-22H,1-4H3;(H,5,6,7). The molecule has 0 spiro atoms. The third kappa shape index (κ3) is 5.31. The maximum absolute atomic E-state index is 10.7. The van der Waals surface area contributed by atoms with E-state index in [0.29, 0.717) is 0 Å². The van der Waals surface area contributed by atoms with Crippen LogP contribution in [0.25, 0.3) is 0 Å². The monoisotopic (exact) mass is 520 g/mol. The van der Waals surface area contributed by atoms with Crippen LogP contribution in [-0.2, 0) is 10.1 Å². The molecule has 32 heavy (non-hydrogen) atoms. The largest absolute Gasteiger partial charge is 0.522 e. The first-order chi connectivity index (χ1) is 14.5. The van der Waals surface area contributed by atoms with Gasteiger partial charge in [-0.3, -0.25) is 4.55 Å². The third-order valence-electron chi connectivity index (χ3n) is 6.16. The topological polar surface area (TPSA) is 135 Å². The third-order valence-corrected chi connectivity index (χ3v) is 13.5. The van der Waals surface area contributed by atoms with Gasteiger partial charge >= 0.3 is 15.6 Å². The van der Waals surface area contributed by atoms with Gasteiger partial charge in [-0.25, -0.2) is 0 Å². The summed E-state index contributed by atoms with van der Waals surface area (Å²) in [4.78, 5) is 0. The van der Waals surface area contributed by atoms with E-state index in [1.165, 1.54) is 10.6 Å². The molecule has 1 aromatic rings. The van der Waals surface area contributed by atoms with Gasteiger partial charge in [-0.2, -0.15) is 21.6 Å². The van der Waals surface area contributed by atoms with Crippen LogP contribution < -0.4 is 10.6 Å². The van der Waals surface area contributed by atoms with E-state index in [0.717, 1.165) is 0 Å². The Bertz CT molecular complexity index is 822. The summed E-state index contributed by atoms with van der Waals surface area (Å²) in [5.74, 6) is 0. The number of rotatable bonds is 2. The van der Waals surface area contributed by atoms with Crippen molar-refractivity contribution in [3.63, 3.8) is 0 Å². The summed E-state index contributed by atoms with van der Waals surface area (Å²) in [5.41, 5.74) is -5.35. The van der Waals surface area contributed by atoms with Crippen molar-refractivity contribution >= 4 is 36.6 Å². The summed E-state index contributed by atoms with van der Waals surface area (Å²) in [6.45, 7) is 8.10. The molecule has 5 N–H and O–H groups in total. The van der Waals surface area contributed by atoms with Crippen molar-refractivity contribution in [3.05, 3.63) is 24.3 Å². The van der Waals surface area contributed by atoms with Crippen molar-refractivity contribution in [1.82, 2.24) is 0 Å². The van der Waals surface area contributed by atoms with Gasteiger partial charge in [0.15, 0.2) is 0 Å². The molecule has 2 saturated heterocycles. The van der Waals surface area contributed by atoms with Crippen LogP contribution >= 0.6 is 15.8 Å². The van der Waals surface area contributed by atoms with E-state index in [1.807, 2.05) is 39.8 Å². The highest BCUT2D eigenvalue weighted by Gasteiger charge is 2.49. The number of aliphatic hydroxyl groups excluding tert-OH is 4. The lowest BCUT2D eigenvalue weighted by atomic mass is 10.1. The maximum Gasteiger partial charge on any atom is 0.522 e. The highest BCUT2D eigenvalue weighted by Crippen LogP contribution is 2.59. The van der Waals surface area contributed by atoms with Gasteiger partial charge in [0.05, 0.1) is 24.4 Å². The minimum Gasteiger partial charge on any atom is -0.390 e. The molecule has 184 valence electrons. The van der Waals surface area contributed by atoms with Crippen molar-refractivity contribution < 1.29 is 46.6 Å². The van der Waals surface area contributed by atoms with Gasteiger partial charge in [0, 0.05) is 22.6 Å². The fourth-order valence-electron chi connectivity index (χ4n) is 4.32. The molecular weight excluding hydrogens is 491 g/mol. The van der Waals surface area contributed by atoms with Gasteiger partial charge in [0.2, 0.25) is 0 Å². The molecule has 2 aliphatic rings. The highest BCUT2D eigenvalue weighted by atomic mass is 32.2. The van der Waals surface area contributed by atoms with Crippen LogP contribution in [-0.4, -0.2) is 86.0 Å². The molecule has 3 rings (SSSR count). The molecule has 8 unspecified atom stereocenters. The molecule has 8 atom stereocenters. The van der Waals surface area contributed by atoms with Crippen LogP contribution in [0.3, 0.4) is 0 Å². The van der Waals surface area contributed by atoms with Crippen molar-refractivity contribution in [2.24, 2.45) is 0 Å². The molecule has 0 aliphatic carbocycles. The molecule has 0 radical (unpaired) electrons. The van der Waals surface area contributed by atoms with Crippen LogP contribution in [0, 0.1) is 0 Å². The fourth-order valence-corrected chi connectivity index (χ4v) is 11.5. The molecule has 0 saturated carbocycles. The van der Waals surface area contributed by atoms with Gasteiger partial charge in [-0.15, -0.1) is 0 Å². The summed E-state index contributed by atoms with van der Waals surface area (Å²) in [6.07, 6.45) is -2.72. The van der Waals surface area contributed by atoms with E-state index in [-0.39, 0.29) is 22.6 Å². The van der Waals surface area contributed by atoms with E-state index in [4.69, 9.17) is 13.0 Å². The van der Waals surface area contributed by atoms with Gasteiger partial charge < -0.3 is 20.4 Å². The Morgan fingerprint density at radius 1 is 0.719 bits per heavy atom. The molecule has 2 heterocycles. The van der Waals surface area contributed by atoms with E-state index < -0.39 is 55.9 Å². The van der Waals surface area contributed by atoms with E-state index in [1.54, 1.807) is 0 Å². The Hall–Kier alpha value is -0.380. The van der Waals surface area contributed by atoms with Crippen LogP contribution in [0.1, 0.15) is 27.7 Å². The average molecular weight is 520 g/mol. The van der Waals surface area contributed by atoms with Gasteiger partial charge in [0.25, 0.3) is 0 Å². The van der Waals surface area contributed by atoms with Crippen LogP contribution in [0.15, 0.2) is 24.3 Å². The molecular formula is C19H29F3O7P2S. The van der Waals surface area contributed by atoms with Crippen LogP contribution in [0.4, 0.5) is 13.2 Å². The summed E-state index contributed by atoms with van der Waals surface area (Å²) in [6, 6.07) is 8.28. The Balaban J connectivity index is 0.000000390. The van der Waals surface area contributed by atoms with Crippen molar-refractivity contribution in [2.45, 2.75) is 80.3 Å². The Labute approximate surface area is 187 Å². The second-order valence-corrected chi connectivity index (χ2v) is 15.4. The van der Waals surface area contributed by atoms with E-state index >= 15 is 0 Å². The summed E-state index contributed by atoms with van der Waals surface area (Å²) in [5, 5.41) is 43.7. The summed E-state index contributed by atoms with van der Waals surface area (Å²) < 4.78 is 57.5. The highest BCUT2D eigenvalue weighted by molar-refractivity contribution is 7.86. The first kappa shape index (κ1) is 27.9. The van der Waals surface area contributed by atoms with Crippen LogP contribution in [0.5, 0.6) is 0 Å². The van der Waals surface area contributed by atoms with Gasteiger partial charge in [-0.05, 0) is 10.6 Å². The van der Waals surface area contributed by atoms with Gasteiger partial charge in [-0.1, -0.05) is 67.8 Å². The summed E-state index contributed by atoms with van der Waals surface area (Å²) in [7, 11) is -7.22. The van der Waals surface area contributed by atoms with Crippen molar-refractivity contribution in [1.29, 1.82) is 0 Å². The zero-order valence-corrected chi connectivity index (χ0v) is 20.5. The normalized spacial score (nSPS) is 40.1. The molecule has 1 aromatic carbocycles. The number of benzene rings is 1. The minimum absolute atomic E-state index is 0.0456. The van der Waals surface area contributed by atoms with Crippen molar-refractivity contribution in [2.75, 3.05) is 0 Å². The second kappa shape index (κ2) is 10.1. The molecule has 0 amide bonds. The number of aliphatic hydroxyl groups is 4. The van der Waals surface area contributed by atoms with Gasteiger partial charge in [0.1, 0.15) is 0 Å².